The molecule has 23 heavy (non-hydrogen) atoms. The molecule has 0 saturated heterocycles. The van der Waals surface area contributed by atoms with E-state index in [1.807, 2.05) is 19.1 Å². The predicted octanol–water partition coefficient (Wildman–Crippen LogP) is 2.88. The average Bonchev–Trinajstić information content (AvgIpc) is 2.81. The number of ketones is 1. The van der Waals surface area contributed by atoms with E-state index in [-0.39, 0.29) is 11.4 Å². The van der Waals surface area contributed by atoms with Crippen LogP contribution in [0.3, 0.4) is 0 Å². The normalized spacial score (nSPS) is 17.7. The Labute approximate surface area is 133 Å². The van der Waals surface area contributed by atoms with Crippen molar-refractivity contribution in [2.75, 3.05) is 4.90 Å². The first kappa shape index (κ1) is 15.0. The maximum Gasteiger partial charge on any atom is 0.294 e. The highest BCUT2D eigenvalue weighted by molar-refractivity contribution is 6.16. The molecule has 1 aromatic heterocycles. The van der Waals surface area contributed by atoms with E-state index in [9.17, 15) is 14.7 Å². The van der Waals surface area contributed by atoms with Gasteiger partial charge in [-0.15, -0.1) is 0 Å². The van der Waals surface area contributed by atoms with E-state index in [1.54, 1.807) is 36.7 Å². The predicted molar refractivity (Wildman–Crippen MR) is 86.0 cm³/mol. The van der Waals surface area contributed by atoms with E-state index in [0.717, 1.165) is 5.56 Å². The highest BCUT2D eigenvalue weighted by Gasteiger charge is 2.43. The Bertz CT molecular complexity index is 795. The highest BCUT2D eigenvalue weighted by Crippen LogP contribution is 2.40. The van der Waals surface area contributed by atoms with Gasteiger partial charge < -0.3 is 5.11 Å². The number of hydrogen-bond acceptors (Lipinski definition) is 4. The molecule has 116 valence electrons. The first-order chi connectivity index (χ1) is 11.0. The standard InChI is InChI=1S/C18H16N2O3/c1-11-5-7-14(8-6-11)20-16(13-4-3-9-19-10-13)15(12(2)21)17(22)18(20)23/h3-10,16,22H,1-2H3. The van der Waals surface area contributed by atoms with Crippen molar-refractivity contribution in [3.8, 4) is 0 Å². The summed E-state index contributed by atoms with van der Waals surface area (Å²) < 4.78 is 0. The second-order valence-corrected chi connectivity index (χ2v) is 5.52. The largest absolute Gasteiger partial charge is 0.503 e. The third-order valence-corrected chi connectivity index (χ3v) is 3.90. The number of aliphatic hydroxyl groups is 1. The van der Waals surface area contributed by atoms with E-state index < -0.39 is 17.7 Å². The van der Waals surface area contributed by atoms with Gasteiger partial charge in [0.2, 0.25) is 0 Å². The fourth-order valence-electron chi connectivity index (χ4n) is 2.79. The number of anilines is 1. The summed E-state index contributed by atoms with van der Waals surface area (Å²) in [6.07, 6.45) is 3.22. The lowest BCUT2D eigenvalue weighted by molar-refractivity contribution is -0.117. The lowest BCUT2D eigenvalue weighted by Crippen LogP contribution is -2.30. The van der Waals surface area contributed by atoms with Crippen molar-refractivity contribution >= 4 is 17.4 Å². The van der Waals surface area contributed by atoms with Gasteiger partial charge in [-0.05, 0) is 37.6 Å². The SMILES string of the molecule is CC(=O)C1=C(O)C(=O)N(c2ccc(C)cc2)C1c1cccnc1. The number of benzene rings is 1. The lowest BCUT2D eigenvalue weighted by atomic mass is 9.98. The van der Waals surface area contributed by atoms with Gasteiger partial charge in [0.15, 0.2) is 11.5 Å². The minimum absolute atomic E-state index is 0.101. The minimum atomic E-state index is -0.670. The molecule has 1 atom stereocenters. The number of rotatable bonds is 3. The second-order valence-electron chi connectivity index (χ2n) is 5.52. The van der Waals surface area contributed by atoms with Crippen LogP contribution in [-0.2, 0) is 9.59 Å². The van der Waals surface area contributed by atoms with Crippen molar-refractivity contribution < 1.29 is 14.7 Å². The van der Waals surface area contributed by atoms with Crippen LogP contribution in [0.5, 0.6) is 0 Å². The van der Waals surface area contributed by atoms with Gasteiger partial charge >= 0.3 is 0 Å². The number of pyridine rings is 1. The zero-order valence-electron chi connectivity index (χ0n) is 12.9. The van der Waals surface area contributed by atoms with Crippen molar-refractivity contribution in [1.29, 1.82) is 0 Å². The number of aromatic nitrogens is 1. The van der Waals surface area contributed by atoms with Crippen molar-refractivity contribution in [1.82, 2.24) is 4.98 Å². The molecule has 1 unspecified atom stereocenters. The Kier molecular flexibility index (Phi) is 3.70. The molecule has 2 heterocycles. The molecule has 3 rings (SSSR count). The number of nitrogens with zero attached hydrogens (tertiary/aromatic N) is 2. The van der Waals surface area contributed by atoms with Crippen LogP contribution in [0.15, 0.2) is 60.1 Å². The number of carbonyl (C=O) groups is 2. The molecule has 1 N–H and O–H groups in total. The molecular weight excluding hydrogens is 292 g/mol. The van der Waals surface area contributed by atoms with Crippen LogP contribution in [0.1, 0.15) is 24.1 Å². The van der Waals surface area contributed by atoms with Gasteiger partial charge in [0, 0.05) is 18.1 Å². The van der Waals surface area contributed by atoms with Gasteiger partial charge in [-0.1, -0.05) is 23.8 Å². The average molecular weight is 308 g/mol. The third kappa shape index (κ3) is 2.50. The summed E-state index contributed by atoms with van der Waals surface area (Å²) in [7, 11) is 0. The number of aliphatic hydroxyl groups excluding tert-OH is 1. The smallest absolute Gasteiger partial charge is 0.294 e. The van der Waals surface area contributed by atoms with Gasteiger partial charge in [-0.3, -0.25) is 19.5 Å². The second kappa shape index (κ2) is 5.68. The first-order valence-corrected chi connectivity index (χ1v) is 7.25. The van der Waals surface area contributed by atoms with E-state index in [4.69, 9.17) is 0 Å². The Morgan fingerprint density at radius 3 is 2.48 bits per heavy atom. The van der Waals surface area contributed by atoms with Gasteiger partial charge in [-0.25, -0.2) is 0 Å². The fourth-order valence-corrected chi connectivity index (χ4v) is 2.79. The Balaban J connectivity index is 2.16. The maximum atomic E-state index is 12.5. The summed E-state index contributed by atoms with van der Waals surface area (Å²) >= 11 is 0. The van der Waals surface area contributed by atoms with Crippen molar-refractivity contribution in [2.45, 2.75) is 19.9 Å². The molecule has 0 radical (unpaired) electrons. The van der Waals surface area contributed by atoms with Gasteiger partial charge in [0.1, 0.15) is 0 Å². The van der Waals surface area contributed by atoms with Crippen LogP contribution in [-0.4, -0.2) is 21.8 Å². The van der Waals surface area contributed by atoms with E-state index in [1.165, 1.54) is 11.8 Å². The molecular formula is C18H16N2O3. The van der Waals surface area contributed by atoms with Crippen LogP contribution in [0.4, 0.5) is 5.69 Å². The lowest BCUT2D eigenvalue weighted by Gasteiger charge is -2.26. The van der Waals surface area contributed by atoms with E-state index >= 15 is 0 Å². The summed E-state index contributed by atoms with van der Waals surface area (Å²) in [6.45, 7) is 3.30. The summed E-state index contributed by atoms with van der Waals surface area (Å²) in [5.41, 5.74) is 2.46. The van der Waals surface area contributed by atoms with Crippen LogP contribution in [0, 0.1) is 6.92 Å². The van der Waals surface area contributed by atoms with Crippen LogP contribution in [0.25, 0.3) is 0 Å². The van der Waals surface area contributed by atoms with Crippen molar-refractivity contribution in [3.63, 3.8) is 0 Å². The fraction of sp³-hybridized carbons (Fsp3) is 0.167. The quantitative estimate of drug-likeness (QED) is 0.946. The molecule has 1 aromatic carbocycles. The number of aryl methyl sites for hydroxylation is 1. The molecule has 1 aliphatic heterocycles. The Morgan fingerprint density at radius 2 is 1.91 bits per heavy atom. The summed E-state index contributed by atoms with van der Waals surface area (Å²) in [5, 5.41) is 10.2. The molecule has 5 nitrogen and oxygen atoms in total. The maximum absolute atomic E-state index is 12.5. The van der Waals surface area contributed by atoms with Crippen LogP contribution < -0.4 is 4.90 Å². The molecule has 0 saturated carbocycles. The van der Waals surface area contributed by atoms with E-state index in [2.05, 4.69) is 4.98 Å². The summed E-state index contributed by atoms with van der Waals surface area (Å²) in [5.74, 6) is -1.40. The number of amides is 1. The molecule has 0 bridgehead atoms. The van der Waals surface area contributed by atoms with E-state index in [0.29, 0.717) is 11.3 Å². The molecule has 0 aliphatic carbocycles. The summed E-state index contributed by atoms with van der Waals surface area (Å²) in [4.78, 5) is 30.0. The first-order valence-electron chi connectivity index (χ1n) is 7.25. The van der Waals surface area contributed by atoms with Gasteiger partial charge in [0.05, 0.1) is 11.6 Å². The Morgan fingerprint density at radius 1 is 1.22 bits per heavy atom. The van der Waals surface area contributed by atoms with Crippen molar-refractivity contribution in [2.24, 2.45) is 0 Å². The zero-order valence-corrected chi connectivity index (χ0v) is 12.9. The molecule has 1 amide bonds. The minimum Gasteiger partial charge on any atom is -0.503 e. The summed E-state index contributed by atoms with van der Waals surface area (Å²) in [6, 6.07) is 10.2. The molecule has 0 fully saturated rings. The highest BCUT2D eigenvalue weighted by atomic mass is 16.3. The number of hydrogen-bond donors (Lipinski definition) is 1. The topological polar surface area (TPSA) is 70.5 Å². The molecule has 0 spiro atoms. The molecule has 2 aromatic rings. The monoisotopic (exact) mass is 308 g/mol. The van der Waals surface area contributed by atoms with Crippen molar-refractivity contribution in [3.05, 3.63) is 71.3 Å². The molecule has 5 heteroatoms. The third-order valence-electron chi connectivity index (χ3n) is 3.90. The zero-order chi connectivity index (χ0) is 16.6. The van der Waals surface area contributed by atoms with Gasteiger partial charge in [-0.2, -0.15) is 0 Å². The van der Waals surface area contributed by atoms with Crippen LogP contribution in [0.2, 0.25) is 0 Å². The number of carbonyl (C=O) groups excluding carboxylic acids is 2. The van der Waals surface area contributed by atoms with Crippen LogP contribution >= 0.6 is 0 Å². The van der Waals surface area contributed by atoms with Gasteiger partial charge in [0.25, 0.3) is 5.91 Å². The Hall–Kier alpha value is -2.95. The number of Topliss-reactive ketones (excluding diaryl/α,β-unsaturated/α-hetero) is 1. The molecule has 1 aliphatic rings.